The Morgan fingerprint density at radius 3 is 0.946 bits per heavy atom. The molecule has 2 aromatic carbocycles. The van der Waals surface area contributed by atoms with Crippen LogP contribution in [0.4, 0.5) is 0 Å². The van der Waals surface area contributed by atoms with Crippen LogP contribution in [0.2, 0.25) is 0 Å². The topological polar surface area (TPSA) is 161 Å². The first-order valence-corrected chi connectivity index (χ1v) is 10.8. The zero-order chi connectivity index (χ0) is 28.7. The molecule has 0 aliphatic heterocycles. The van der Waals surface area contributed by atoms with E-state index in [4.69, 9.17) is 19.8 Å². The molecule has 0 aromatic heterocycles. The third kappa shape index (κ3) is 18.8. The molecule has 37 heavy (non-hydrogen) atoms. The van der Waals surface area contributed by atoms with Gasteiger partial charge in [0.1, 0.15) is 0 Å². The smallest absolute Gasteiger partial charge is 0.550 e. The van der Waals surface area contributed by atoms with Crippen LogP contribution in [0.3, 0.4) is 0 Å². The minimum absolute atomic E-state index is 0. The van der Waals surface area contributed by atoms with Crippen molar-refractivity contribution >= 4 is 23.8 Å². The van der Waals surface area contributed by atoms with Gasteiger partial charge in [-0.2, -0.15) is 0 Å². The average Bonchev–Trinajstić information content (AvgIpc) is 2.76. The summed E-state index contributed by atoms with van der Waals surface area (Å²) >= 11 is 0. The van der Waals surface area contributed by atoms with Gasteiger partial charge in [-0.15, -0.1) is 0 Å². The van der Waals surface area contributed by atoms with E-state index < -0.39 is 23.0 Å². The van der Waals surface area contributed by atoms with Gasteiger partial charge in [-0.05, 0) is 79.7 Å². The molecule has 0 fully saturated rings. The van der Waals surface area contributed by atoms with Gasteiger partial charge in [0, 0.05) is 23.1 Å². The number of aliphatic carboxylic acids is 2. The van der Waals surface area contributed by atoms with Gasteiger partial charge >= 0.3 is 20.4 Å². The van der Waals surface area contributed by atoms with Crippen LogP contribution in [0.15, 0.2) is 60.7 Å². The van der Waals surface area contributed by atoms with E-state index in [1.54, 1.807) is 90.1 Å². The summed E-state index contributed by atoms with van der Waals surface area (Å²) in [5, 5.41) is 38.5. The van der Waals surface area contributed by atoms with Crippen LogP contribution in [-0.2, 0) is 30.0 Å². The SMILES string of the molecule is CC(=O)[O-].CC(=O)[O-].CC(C)(C)N(O)C(=O)c1ccccc1.CC(C)(C)N(O)C(=O)c1ccccc1.[Pd+2]. The Labute approximate surface area is 232 Å². The summed E-state index contributed by atoms with van der Waals surface area (Å²) in [6, 6.07) is 17.4. The molecule has 2 amide bonds. The molecule has 208 valence electrons. The van der Waals surface area contributed by atoms with Crippen molar-refractivity contribution in [2.24, 2.45) is 0 Å². The molecular formula is C26H36N2O8Pd. The second-order valence-corrected chi connectivity index (χ2v) is 9.29. The average molecular weight is 611 g/mol. The number of hydroxylamine groups is 4. The monoisotopic (exact) mass is 610 g/mol. The molecule has 0 aliphatic carbocycles. The van der Waals surface area contributed by atoms with Crippen LogP contribution >= 0.6 is 0 Å². The van der Waals surface area contributed by atoms with E-state index in [-0.39, 0.29) is 32.2 Å². The summed E-state index contributed by atoms with van der Waals surface area (Å²) in [4.78, 5) is 41.1. The van der Waals surface area contributed by atoms with Gasteiger partial charge in [-0.3, -0.25) is 20.0 Å². The van der Waals surface area contributed by atoms with Crippen LogP contribution in [0.5, 0.6) is 0 Å². The molecule has 2 N–H and O–H groups in total. The molecule has 0 spiro atoms. The summed E-state index contributed by atoms with van der Waals surface area (Å²) in [6.07, 6.45) is 0. The minimum Gasteiger partial charge on any atom is -0.550 e. The second-order valence-electron chi connectivity index (χ2n) is 9.29. The first-order valence-electron chi connectivity index (χ1n) is 10.8. The number of nitrogens with zero attached hydrogens (tertiary/aromatic N) is 2. The Kier molecular flexibility index (Phi) is 18.9. The molecule has 11 heteroatoms. The van der Waals surface area contributed by atoms with Crippen molar-refractivity contribution in [3.63, 3.8) is 0 Å². The number of carboxylic acid groups (broad SMARTS) is 2. The van der Waals surface area contributed by atoms with Crippen LogP contribution in [0, 0.1) is 0 Å². The summed E-state index contributed by atoms with van der Waals surface area (Å²) in [5.41, 5.74) is -0.172. The zero-order valence-electron chi connectivity index (χ0n) is 22.3. The van der Waals surface area contributed by atoms with Crippen molar-refractivity contribution in [2.45, 2.75) is 66.5 Å². The van der Waals surface area contributed by atoms with Crippen molar-refractivity contribution in [2.75, 3.05) is 0 Å². The van der Waals surface area contributed by atoms with Gasteiger partial charge in [0.05, 0.1) is 11.1 Å². The zero-order valence-corrected chi connectivity index (χ0v) is 23.9. The van der Waals surface area contributed by atoms with Gasteiger partial charge in [-0.1, -0.05) is 36.4 Å². The molecule has 0 saturated heterocycles. The van der Waals surface area contributed by atoms with E-state index in [0.717, 1.165) is 24.0 Å². The van der Waals surface area contributed by atoms with Crippen LogP contribution < -0.4 is 10.2 Å². The Hall–Kier alpha value is -3.10. The van der Waals surface area contributed by atoms with E-state index in [0.29, 0.717) is 11.1 Å². The molecule has 0 unspecified atom stereocenters. The number of benzene rings is 2. The summed E-state index contributed by atoms with van der Waals surface area (Å²) in [7, 11) is 0. The fourth-order valence-electron chi connectivity index (χ4n) is 2.02. The Balaban J connectivity index is -0.000000476. The van der Waals surface area contributed by atoms with Crippen molar-refractivity contribution < 1.29 is 60.2 Å². The van der Waals surface area contributed by atoms with Crippen molar-refractivity contribution in [3.8, 4) is 0 Å². The number of hydrogen-bond acceptors (Lipinski definition) is 8. The largest absolute Gasteiger partial charge is 2.00 e. The number of carbonyl (C=O) groups is 4. The van der Waals surface area contributed by atoms with Crippen LogP contribution in [0.1, 0.15) is 76.1 Å². The maximum absolute atomic E-state index is 11.7. The van der Waals surface area contributed by atoms with Gasteiger partial charge in [-0.25, -0.2) is 10.1 Å². The van der Waals surface area contributed by atoms with E-state index in [1.807, 2.05) is 12.1 Å². The molecule has 2 rings (SSSR count). The predicted octanol–water partition coefficient (Wildman–Crippen LogP) is 2.14. The standard InChI is InChI=1S/2C11H15NO2.2C2H4O2.Pd/c2*1-11(2,3)12(14)10(13)9-7-5-4-6-8-9;2*1-2(3)4;/h2*4-8,14H,1-3H3;2*1H3,(H,3,4);/q;;;;+2/p-2. The fraction of sp³-hybridized carbons (Fsp3) is 0.385. The maximum Gasteiger partial charge on any atom is 2.00 e. The number of carboxylic acids is 2. The molecule has 2 aromatic rings. The first-order chi connectivity index (χ1) is 16.3. The number of rotatable bonds is 2. The molecule has 0 saturated carbocycles. The number of carbonyl (C=O) groups excluding carboxylic acids is 4. The Morgan fingerprint density at radius 2 is 0.784 bits per heavy atom. The van der Waals surface area contributed by atoms with E-state index >= 15 is 0 Å². The third-order valence-electron chi connectivity index (χ3n) is 3.70. The number of hydrogen-bond donors (Lipinski definition) is 2. The van der Waals surface area contributed by atoms with Crippen LogP contribution in [0.25, 0.3) is 0 Å². The molecule has 0 heterocycles. The normalized spacial score (nSPS) is 9.78. The molecular weight excluding hydrogens is 575 g/mol. The van der Waals surface area contributed by atoms with Gasteiger partial charge in [0.25, 0.3) is 11.8 Å². The molecule has 10 nitrogen and oxygen atoms in total. The molecule has 0 aliphatic rings. The molecule has 0 radical (unpaired) electrons. The van der Waals surface area contributed by atoms with Crippen LogP contribution in [-0.4, -0.2) is 55.4 Å². The quantitative estimate of drug-likeness (QED) is 0.297. The van der Waals surface area contributed by atoms with Crippen molar-refractivity contribution in [3.05, 3.63) is 71.8 Å². The first kappa shape index (κ1) is 38.4. The minimum atomic E-state index is -1.08. The third-order valence-corrected chi connectivity index (χ3v) is 3.70. The van der Waals surface area contributed by atoms with E-state index in [2.05, 4.69) is 0 Å². The second kappa shape index (κ2) is 18.2. The molecule has 0 atom stereocenters. The summed E-state index contributed by atoms with van der Waals surface area (Å²) < 4.78 is 0. The predicted molar refractivity (Wildman–Crippen MR) is 130 cm³/mol. The fourth-order valence-corrected chi connectivity index (χ4v) is 2.02. The molecule has 0 bridgehead atoms. The summed E-state index contributed by atoms with van der Waals surface area (Å²) in [6.45, 7) is 12.6. The Morgan fingerprint density at radius 1 is 0.595 bits per heavy atom. The van der Waals surface area contributed by atoms with E-state index in [9.17, 15) is 20.0 Å². The van der Waals surface area contributed by atoms with Gasteiger partial charge in [0.15, 0.2) is 0 Å². The Bertz CT molecular complexity index is 869. The van der Waals surface area contributed by atoms with Crippen molar-refractivity contribution in [1.29, 1.82) is 0 Å². The number of amides is 2. The summed E-state index contributed by atoms with van der Waals surface area (Å²) in [5.74, 6) is -2.92. The van der Waals surface area contributed by atoms with Gasteiger partial charge in [0.2, 0.25) is 0 Å². The van der Waals surface area contributed by atoms with Gasteiger partial charge < -0.3 is 19.8 Å². The maximum atomic E-state index is 11.7. The van der Waals surface area contributed by atoms with E-state index in [1.165, 1.54) is 0 Å². The van der Waals surface area contributed by atoms with Crippen molar-refractivity contribution in [1.82, 2.24) is 10.1 Å².